The highest BCUT2D eigenvalue weighted by Crippen LogP contribution is 2.27. The van der Waals surface area contributed by atoms with Crippen LogP contribution < -0.4 is 4.72 Å². The van der Waals surface area contributed by atoms with E-state index in [-0.39, 0.29) is 4.90 Å². The second-order valence-corrected chi connectivity index (χ2v) is 7.41. The first kappa shape index (κ1) is 15.4. The highest BCUT2D eigenvalue weighted by atomic mass is 32.2. The van der Waals surface area contributed by atoms with Crippen molar-refractivity contribution in [2.24, 2.45) is 5.92 Å². The lowest BCUT2D eigenvalue weighted by molar-refractivity contribution is 0.495. The molecule has 0 atom stereocenters. The molecule has 1 saturated carbocycles. The van der Waals surface area contributed by atoms with Gasteiger partial charge in [-0.3, -0.25) is 0 Å². The number of halogens is 1. The van der Waals surface area contributed by atoms with Crippen molar-refractivity contribution in [2.45, 2.75) is 50.8 Å². The third kappa shape index (κ3) is 3.58. The van der Waals surface area contributed by atoms with Gasteiger partial charge in [-0.1, -0.05) is 25.7 Å². The van der Waals surface area contributed by atoms with Gasteiger partial charge < -0.3 is 0 Å². The van der Waals surface area contributed by atoms with Gasteiger partial charge in [-0.05, 0) is 49.4 Å². The van der Waals surface area contributed by atoms with Crippen molar-refractivity contribution in [1.29, 1.82) is 0 Å². The maximum Gasteiger partial charge on any atom is 0.241 e. The van der Waals surface area contributed by atoms with E-state index in [1.807, 2.05) is 0 Å². The average molecular weight is 299 g/mol. The summed E-state index contributed by atoms with van der Waals surface area (Å²) in [6.45, 7) is 3.71. The summed E-state index contributed by atoms with van der Waals surface area (Å²) in [6.07, 6.45) is 5.81. The quantitative estimate of drug-likeness (QED) is 0.906. The van der Waals surface area contributed by atoms with Gasteiger partial charge in [0.05, 0.1) is 4.90 Å². The van der Waals surface area contributed by atoms with Crippen LogP contribution in [-0.2, 0) is 10.0 Å². The topological polar surface area (TPSA) is 46.2 Å². The molecular formula is C15H22FNO2S. The Bertz CT molecular complexity index is 555. The zero-order valence-electron chi connectivity index (χ0n) is 12.1. The summed E-state index contributed by atoms with van der Waals surface area (Å²) < 4.78 is 40.5. The van der Waals surface area contributed by atoms with E-state index >= 15 is 0 Å². The van der Waals surface area contributed by atoms with Crippen LogP contribution in [0.15, 0.2) is 17.0 Å². The maximum atomic E-state index is 13.2. The zero-order chi connectivity index (χ0) is 14.8. The molecule has 1 N–H and O–H groups in total. The summed E-state index contributed by atoms with van der Waals surface area (Å²) in [5.74, 6) is 0.248. The summed E-state index contributed by atoms with van der Waals surface area (Å²) in [7, 11) is -3.55. The van der Waals surface area contributed by atoms with Crippen molar-refractivity contribution < 1.29 is 12.8 Å². The molecule has 0 amide bonds. The molecule has 3 nitrogen and oxygen atoms in total. The van der Waals surface area contributed by atoms with Crippen LogP contribution in [0.3, 0.4) is 0 Å². The van der Waals surface area contributed by atoms with E-state index < -0.39 is 15.8 Å². The first-order valence-electron chi connectivity index (χ1n) is 7.16. The molecule has 0 bridgehead atoms. The van der Waals surface area contributed by atoms with Crippen LogP contribution in [-0.4, -0.2) is 15.0 Å². The molecule has 0 spiro atoms. The lowest BCUT2D eigenvalue weighted by Gasteiger charge is -2.14. The molecule has 0 aliphatic heterocycles. The van der Waals surface area contributed by atoms with E-state index in [2.05, 4.69) is 4.72 Å². The molecule has 1 aromatic carbocycles. The monoisotopic (exact) mass is 299 g/mol. The van der Waals surface area contributed by atoms with E-state index in [1.165, 1.54) is 37.8 Å². The van der Waals surface area contributed by atoms with Gasteiger partial charge in [-0.15, -0.1) is 0 Å². The number of hydrogen-bond donors (Lipinski definition) is 1. The molecule has 0 radical (unpaired) electrons. The van der Waals surface area contributed by atoms with E-state index in [9.17, 15) is 12.8 Å². The Labute approximate surface area is 120 Å². The minimum absolute atomic E-state index is 0.213. The Hall–Kier alpha value is -0.940. The van der Waals surface area contributed by atoms with E-state index in [0.717, 1.165) is 6.42 Å². The summed E-state index contributed by atoms with van der Waals surface area (Å²) in [4.78, 5) is 0.213. The third-order valence-corrected chi connectivity index (χ3v) is 5.78. The van der Waals surface area contributed by atoms with Crippen molar-refractivity contribution in [3.05, 3.63) is 29.1 Å². The Balaban J connectivity index is 2.06. The zero-order valence-corrected chi connectivity index (χ0v) is 12.9. The minimum atomic E-state index is -3.55. The fourth-order valence-corrected chi connectivity index (χ4v) is 4.59. The van der Waals surface area contributed by atoms with Gasteiger partial charge in [0, 0.05) is 6.54 Å². The number of benzene rings is 1. The molecule has 2 rings (SSSR count). The second-order valence-electron chi connectivity index (χ2n) is 5.71. The van der Waals surface area contributed by atoms with Gasteiger partial charge >= 0.3 is 0 Å². The Morgan fingerprint density at radius 1 is 1.20 bits per heavy atom. The largest absolute Gasteiger partial charge is 0.241 e. The van der Waals surface area contributed by atoms with Crippen LogP contribution in [0.4, 0.5) is 4.39 Å². The number of hydrogen-bond acceptors (Lipinski definition) is 2. The highest BCUT2D eigenvalue weighted by molar-refractivity contribution is 7.89. The van der Waals surface area contributed by atoms with Crippen LogP contribution in [0.25, 0.3) is 0 Å². The third-order valence-electron chi connectivity index (χ3n) is 4.01. The normalized spacial score (nSPS) is 16.8. The fraction of sp³-hybridized carbons (Fsp3) is 0.600. The summed E-state index contributed by atoms with van der Waals surface area (Å²) in [6, 6.07) is 2.52. The SMILES string of the molecule is Cc1cc(F)cc(C)c1S(=O)(=O)NCCC1CCCC1. The standard InChI is InChI=1S/C15H22FNO2S/c1-11-9-14(16)10-12(2)15(11)20(18,19)17-8-7-13-5-3-4-6-13/h9-10,13,17H,3-8H2,1-2H3. The van der Waals surface area contributed by atoms with Gasteiger partial charge in [0.2, 0.25) is 10.0 Å². The van der Waals surface area contributed by atoms with E-state index in [1.54, 1.807) is 13.8 Å². The average Bonchev–Trinajstić information content (AvgIpc) is 2.79. The molecule has 0 saturated heterocycles. The Morgan fingerprint density at radius 3 is 2.30 bits per heavy atom. The second kappa shape index (κ2) is 6.22. The molecule has 112 valence electrons. The predicted molar refractivity (Wildman–Crippen MR) is 77.6 cm³/mol. The van der Waals surface area contributed by atoms with Crippen LogP contribution in [0.1, 0.15) is 43.2 Å². The summed E-state index contributed by atoms with van der Waals surface area (Å²) in [5.41, 5.74) is 0.909. The molecule has 1 fully saturated rings. The van der Waals surface area contributed by atoms with Crippen LogP contribution >= 0.6 is 0 Å². The van der Waals surface area contributed by atoms with Gasteiger partial charge in [0.15, 0.2) is 0 Å². The lowest BCUT2D eigenvalue weighted by atomic mass is 10.1. The number of nitrogens with one attached hydrogen (secondary N) is 1. The summed E-state index contributed by atoms with van der Waals surface area (Å²) in [5, 5.41) is 0. The summed E-state index contributed by atoms with van der Waals surface area (Å²) >= 11 is 0. The first-order valence-corrected chi connectivity index (χ1v) is 8.65. The fourth-order valence-electron chi connectivity index (χ4n) is 3.09. The van der Waals surface area contributed by atoms with Crippen LogP contribution in [0.2, 0.25) is 0 Å². The van der Waals surface area contributed by atoms with Crippen molar-refractivity contribution in [3.8, 4) is 0 Å². The molecule has 1 aliphatic rings. The molecule has 0 unspecified atom stereocenters. The van der Waals surface area contributed by atoms with E-state index in [0.29, 0.717) is 23.6 Å². The number of rotatable bonds is 5. The Kier molecular flexibility index (Phi) is 4.81. The maximum absolute atomic E-state index is 13.2. The van der Waals surface area contributed by atoms with E-state index in [4.69, 9.17) is 0 Å². The molecule has 0 heterocycles. The van der Waals surface area contributed by atoms with Crippen molar-refractivity contribution in [2.75, 3.05) is 6.54 Å². The Morgan fingerprint density at radius 2 is 1.75 bits per heavy atom. The predicted octanol–water partition coefficient (Wildman–Crippen LogP) is 3.30. The first-order chi connectivity index (χ1) is 9.40. The van der Waals surface area contributed by atoms with Gasteiger partial charge in [-0.2, -0.15) is 0 Å². The number of sulfonamides is 1. The smallest absolute Gasteiger partial charge is 0.211 e. The molecule has 0 aromatic heterocycles. The van der Waals surface area contributed by atoms with Crippen molar-refractivity contribution in [1.82, 2.24) is 4.72 Å². The molecular weight excluding hydrogens is 277 g/mol. The number of aryl methyl sites for hydroxylation is 2. The molecule has 1 aliphatic carbocycles. The molecule has 1 aromatic rings. The van der Waals surface area contributed by atoms with Crippen LogP contribution in [0.5, 0.6) is 0 Å². The van der Waals surface area contributed by atoms with Gasteiger partial charge in [0.25, 0.3) is 0 Å². The molecule has 5 heteroatoms. The van der Waals surface area contributed by atoms with Crippen LogP contribution in [0, 0.1) is 25.6 Å². The lowest BCUT2D eigenvalue weighted by Crippen LogP contribution is -2.27. The van der Waals surface area contributed by atoms with Crippen molar-refractivity contribution in [3.63, 3.8) is 0 Å². The highest BCUT2D eigenvalue weighted by Gasteiger charge is 2.21. The molecule has 20 heavy (non-hydrogen) atoms. The van der Waals surface area contributed by atoms with Gasteiger partial charge in [0.1, 0.15) is 5.82 Å². The minimum Gasteiger partial charge on any atom is -0.211 e. The van der Waals surface area contributed by atoms with Gasteiger partial charge in [-0.25, -0.2) is 17.5 Å². The van der Waals surface area contributed by atoms with Crippen molar-refractivity contribution >= 4 is 10.0 Å².